The minimum absolute atomic E-state index is 0.138. The van der Waals surface area contributed by atoms with E-state index in [4.69, 9.17) is 0 Å². The number of unbranched alkanes of at least 4 members (excludes halogenated alkanes) is 1. The van der Waals surface area contributed by atoms with Gasteiger partial charge in [-0.2, -0.15) is 4.31 Å². The second-order valence-electron chi connectivity index (χ2n) is 4.98. The molecule has 0 fully saturated rings. The van der Waals surface area contributed by atoms with Crippen molar-refractivity contribution in [3.05, 3.63) is 42.0 Å². The zero-order valence-electron chi connectivity index (χ0n) is 11.5. The van der Waals surface area contributed by atoms with Gasteiger partial charge in [0.05, 0.1) is 4.90 Å². The molecule has 0 saturated heterocycles. The highest BCUT2D eigenvalue weighted by molar-refractivity contribution is 7.89. The molecule has 108 valence electrons. The Morgan fingerprint density at radius 3 is 2.65 bits per heavy atom. The molecule has 1 aliphatic heterocycles. The van der Waals surface area contributed by atoms with Crippen LogP contribution in [0.4, 0.5) is 0 Å². The van der Waals surface area contributed by atoms with Crippen LogP contribution < -0.4 is 0 Å². The second kappa shape index (κ2) is 6.33. The zero-order valence-corrected chi connectivity index (χ0v) is 12.3. The smallest absolute Gasteiger partial charge is 0.243 e. The van der Waals surface area contributed by atoms with E-state index in [0.29, 0.717) is 30.7 Å². The molecule has 0 unspecified atom stereocenters. The Kier molecular flexibility index (Phi) is 4.73. The van der Waals surface area contributed by atoms with E-state index in [1.54, 1.807) is 24.3 Å². The van der Waals surface area contributed by atoms with Crippen molar-refractivity contribution in [1.29, 1.82) is 0 Å². The van der Waals surface area contributed by atoms with Crippen LogP contribution in [0.15, 0.2) is 41.3 Å². The number of benzene rings is 1. The fraction of sp³-hybridized carbons (Fsp3) is 0.400. The lowest BCUT2D eigenvalue weighted by molar-refractivity contribution is -0.107. The number of rotatable bonds is 6. The zero-order chi connectivity index (χ0) is 14.6. The fourth-order valence-electron chi connectivity index (χ4n) is 2.33. The topological polar surface area (TPSA) is 54.5 Å². The highest BCUT2D eigenvalue weighted by Gasteiger charge is 2.31. The molecule has 0 amide bonds. The molecule has 1 aromatic carbocycles. The minimum Gasteiger partial charge on any atom is -0.303 e. The number of aryl methyl sites for hydroxylation is 1. The van der Waals surface area contributed by atoms with Crippen molar-refractivity contribution in [2.45, 2.75) is 37.1 Å². The van der Waals surface area contributed by atoms with Crippen molar-refractivity contribution in [3.63, 3.8) is 0 Å². The molecule has 1 heterocycles. The molecule has 1 aliphatic rings. The maximum absolute atomic E-state index is 12.6. The fourth-order valence-corrected chi connectivity index (χ4v) is 3.89. The maximum Gasteiger partial charge on any atom is 0.243 e. The van der Waals surface area contributed by atoms with E-state index in [2.05, 4.69) is 0 Å². The van der Waals surface area contributed by atoms with Crippen molar-refractivity contribution in [1.82, 2.24) is 4.31 Å². The summed E-state index contributed by atoms with van der Waals surface area (Å²) in [6.07, 6.45) is 6.52. The Morgan fingerprint density at radius 1 is 1.30 bits per heavy atom. The lowest BCUT2D eigenvalue weighted by Gasteiger charge is -2.23. The maximum atomic E-state index is 12.6. The predicted molar refractivity (Wildman–Crippen MR) is 77.9 cm³/mol. The molecule has 0 aliphatic carbocycles. The first-order chi connectivity index (χ1) is 9.55. The van der Waals surface area contributed by atoms with Gasteiger partial charge in [0.2, 0.25) is 10.0 Å². The van der Waals surface area contributed by atoms with Gasteiger partial charge in [0.1, 0.15) is 6.29 Å². The summed E-state index contributed by atoms with van der Waals surface area (Å²) in [5, 5.41) is 0. The molecule has 0 saturated carbocycles. The molecule has 0 spiro atoms. The van der Waals surface area contributed by atoms with Gasteiger partial charge in [-0.3, -0.25) is 0 Å². The van der Waals surface area contributed by atoms with Crippen LogP contribution in [-0.4, -0.2) is 31.6 Å². The van der Waals surface area contributed by atoms with Crippen LogP contribution in [0.1, 0.15) is 24.8 Å². The molecule has 2 rings (SSSR count). The van der Waals surface area contributed by atoms with Gasteiger partial charge in [-0.1, -0.05) is 29.8 Å². The van der Waals surface area contributed by atoms with Crippen LogP contribution in [0, 0.1) is 6.92 Å². The van der Waals surface area contributed by atoms with Crippen molar-refractivity contribution >= 4 is 16.3 Å². The lowest BCUT2D eigenvalue weighted by atomic mass is 10.1. The number of carbonyl (C=O) groups is 1. The lowest BCUT2D eigenvalue weighted by Crippen LogP contribution is -2.36. The number of hydrogen-bond acceptors (Lipinski definition) is 3. The number of carbonyl (C=O) groups excluding carboxylic acids is 1. The Morgan fingerprint density at radius 2 is 2.00 bits per heavy atom. The van der Waals surface area contributed by atoms with Crippen molar-refractivity contribution in [3.8, 4) is 0 Å². The average molecular weight is 293 g/mol. The number of sulfonamides is 1. The van der Waals surface area contributed by atoms with Gasteiger partial charge < -0.3 is 4.79 Å². The van der Waals surface area contributed by atoms with Crippen LogP contribution in [0.25, 0.3) is 0 Å². The van der Waals surface area contributed by atoms with Crippen LogP contribution in [0.5, 0.6) is 0 Å². The SMILES string of the molecule is Cc1ccc(S(=O)(=O)N2CC=C[C@@H]2CCCC=O)cc1. The molecule has 0 bridgehead atoms. The van der Waals surface area contributed by atoms with E-state index >= 15 is 0 Å². The van der Waals surface area contributed by atoms with Gasteiger partial charge in [0.25, 0.3) is 0 Å². The average Bonchev–Trinajstić information content (AvgIpc) is 2.89. The first kappa shape index (κ1) is 14.9. The quantitative estimate of drug-likeness (QED) is 0.459. The summed E-state index contributed by atoms with van der Waals surface area (Å²) in [5.74, 6) is 0. The predicted octanol–water partition coefficient (Wildman–Crippen LogP) is 2.29. The summed E-state index contributed by atoms with van der Waals surface area (Å²) in [4.78, 5) is 10.7. The number of hydrogen-bond donors (Lipinski definition) is 0. The molecule has 5 heteroatoms. The Hall–Kier alpha value is -1.46. The van der Waals surface area contributed by atoms with Crippen LogP contribution in [0.2, 0.25) is 0 Å². The largest absolute Gasteiger partial charge is 0.303 e. The molecular weight excluding hydrogens is 274 g/mol. The minimum atomic E-state index is -3.46. The highest BCUT2D eigenvalue weighted by atomic mass is 32.2. The normalized spacial score (nSPS) is 19.4. The van der Waals surface area contributed by atoms with Gasteiger partial charge in [0, 0.05) is 19.0 Å². The standard InChI is InChI=1S/C15H19NO3S/c1-13-7-9-15(10-8-13)20(18,19)16-11-4-6-14(16)5-2-3-12-17/h4,6-10,12,14H,2-3,5,11H2,1H3/t14-/m0/s1. The van der Waals surface area contributed by atoms with Gasteiger partial charge in [-0.25, -0.2) is 8.42 Å². The Labute approximate surface area is 120 Å². The summed E-state index contributed by atoms with van der Waals surface area (Å²) in [6.45, 7) is 2.33. The summed E-state index contributed by atoms with van der Waals surface area (Å²) in [5.41, 5.74) is 1.03. The summed E-state index contributed by atoms with van der Waals surface area (Å²) < 4.78 is 26.7. The van der Waals surface area contributed by atoms with E-state index in [9.17, 15) is 13.2 Å². The van der Waals surface area contributed by atoms with Crippen LogP contribution in [0.3, 0.4) is 0 Å². The molecule has 0 N–H and O–H groups in total. The molecule has 0 radical (unpaired) electrons. The first-order valence-electron chi connectivity index (χ1n) is 6.74. The van der Waals surface area contributed by atoms with Gasteiger partial charge in [-0.15, -0.1) is 0 Å². The Balaban J connectivity index is 2.16. The molecule has 1 atom stereocenters. The molecule has 1 aromatic rings. The first-order valence-corrected chi connectivity index (χ1v) is 8.18. The van der Waals surface area contributed by atoms with Gasteiger partial charge in [0.15, 0.2) is 0 Å². The van der Waals surface area contributed by atoms with E-state index in [0.717, 1.165) is 11.8 Å². The number of nitrogens with zero attached hydrogens (tertiary/aromatic N) is 1. The van der Waals surface area contributed by atoms with Gasteiger partial charge in [-0.05, 0) is 31.9 Å². The Bertz CT molecular complexity index is 590. The third-order valence-corrected chi connectivity index (χ3v) is 5.37. The summed E-state index contributed by atoms with van der Waals surface area (Å²) in [6, 6.07) is 6.76. The van der Waals surface area contributed by atoms with Crippen molar-refractivity contribution in [2.75, 3.05) is 6.54 Å². The number of aldehydes is 1. The van der Waals surface area contributed by atoms with Crippen LogP contribution >= 0.6 is 0 Å². The molecular formula is C15H19NO3S. The van der Waals surface area contributed by atoms with E-state index in [1.807, 2.05) is 19.1 Å². The van der Waals surface area contributed by atoms with Crippen LogP contribution in [-0.2, 0) is 14.8 Å². The summed E-state index contributed by atoms with van der Waals surface area (Å²) in [7, 11) is -3.46. The monoisotopic (exact) mass is 293 g/mol. The third kappa shape index (κ3) is 3.16. The van der Waals surface area contributed by atoms with Gasteiger partial charge >= 0.3 is 0 Å². The molecule has 20 heavy (non-hydrogen) atoms. The molecule has 4 nitrogen and oxygen atoms in total. The van der Waals surface area contributed by atoms with Crippen molar-refractivity contribution in [2.24, 2.45) is 0 Å². The summed E-state index contributed by atoms with van der Waals surface area (Å²) >= 11 is 0. The van der Waals surface area contributed by atoms with Crippen molar-refractivity contribution < 1.29 is 13.2 Å². The highest BCUT2D eigenvalue weighted by Crippen LogP contribution is 2.25. The van der Waals surface area contributed by atoms with E-state index in [-0.39, 0.29) is 6.04 Å². The van der Waals surface area contributed by atoms with E-state index < -0.39 is 10.0 Å². The van der Waals surface area contributed by atoms with E-state index in [1.165, 1.54) is 4.31 Å². The third-order valence-electron chi connectivity index (χ3n) is 3.46. The molecule has 0 aromatic heterocycles. The second-order valence-corrected chi connectivity index (χ2v) is 6.87.